The van der Waals surface area contributed by atoms with Gasteiger partial charge in [0, 0.05) is 33.8 Å². The number of hydrogen-bond donors (Lipinski definition) is 1. The molecule has 3 rings (SSSR count). The van der Waals surface area contributed by atoms with Crippen LogP contribution >= 0.6 is 15.9 Å². The normalized spacial score (nSPS) is 20.6. The molecule has 5 heteroatoms. The maximum absolute atomic E-state index is 12.7. The lowest BCUT2D eigenvalue weighted by Gasteiger charge is -2.34. The first-order chi connectivity index (χ1) is 11.5. The molecular weight excluding hydrogens is 370 g/mol. The van der Waals surface area contributed by atoms with E-state index in [0.29, 0.717) is 24.2 Å². The first-order valence-electron chi connectivity index (χ1n) is 8.20. The molecule has 1 heterocycles. The van der Waals surface area contributed by atoms with Crippen molar-refractivity contribution in [3.05, 3.63) is 56.8 Å². The molecule has 1 aliphatic heterocycles. The number of nitrogens with one attached hydrogen (secondary N) is 1. The third-order valence-corrected chi connectivity index (χ3v) is 5.21. The molecule has 0 radical (unpaired) electrons. The van der Waals surface area contributed by atoms with E-state index in [-0.39, 0.29) is 17.7 Å². The molecule has 24 heavy (non-hydrogen) atoms. The minimum Gasteiger partial charge on any atom is -0.463 e. The maximum atomic E-state index is 12.7. The van der Waals surface area contributed by atoms with Crippen LogP contribution in [0.4, 0.5) is 0 Å². The van der Waals surface area contributed by atoms with Gasteiger partial charge in [-0.25, -0.2) is 4.79 Å². The lowest BCUT2D eigenvalue weighted by Crippen LogP contribution is -2.34. The third kappa shape index (κ3) is 2.93. The number of Topliss-reactive ketones (excluding diaryl/α,β-unsaturated/α-hetero) is 1. The molecule has 4 nitrogen and oxygen atoms in total. The van der Waals surface area contributed by atoms with E-state index in [0.717, 1.165) is 34.3 Å². The van der Waals surface area contributed by atoms with Gasteiger partial charge in [0.2, 0.25) is 0 Å². The summed E-state index contributed by atoms with van der Waals surface area (Å²) < 4.78 is 6.16. The second kappa shape index (κ2) is 6.93. The summed E-state index contributed by atoms with van der Waals surface area (Å²) in [5.41, 5.74) is 3.86. The molecule has 0 amide bonds. The van der Waals surface area contributed by atoms with E-state index in [1.54, 1.807) is 6.92 Å². The van der Waals surface area contributed by atoms with Gasteiger partial charge in [0.15, 0.2) is 5.78 Å². The summed E-state index contributed by atoms with van der Waals surface area (Å²) in [6.07, 6.45) is 2.20. The highest BCUT2D eigenvalue weighted by molar-refractivity contribution is 9.10. The van der Waals surface area contributed by atoms with Crippen molar-refractivity contribution in [2.75, 3.05) is 6.61 Å². The number of halogens is 1. The van der Waals surface area contributed by atoms with Crippen molar-refractivity contribution >= 4 is 27.7 Å². The van der Waals surface area contributed by atoms with Crippen molar-refractivity contribution in [2.45, 2.75) is 39.0 Å². The number of carbonyl (C=O) groups excluding carboxylic acids is 2. The molecule has 2 aliphatic rings. The van der Waals surface area contributed by atoms with Gasteiger partial charge >= 0.3 is 5.97 Å². The van der Waals surface area contributed by atoms with Crippen molar-refractivity contribution in [3.8, 4) is 0 Å². The Bertz CT molecular complexity index is 764. The number of dihydropyridines is 1. The largest absolute Gasteiger partial charge is 0.463 e. The SMILES string of the molecule is CCOC(=O)C1=C(C)NC2=C(C(=O)CCC2)[C@@H]1c1ccccc1Br. The van der Waals surface area contributed by atoms with E-state index in [2.05, 4.69) is 21.2 Å². The van der Waals surface area contributed by atoms with E-state index in [1.165, 1.54) is 0 Å². The molecule has 0 spiro atoms. The predicted molar refractivity (Wildman–Crippen MR) is 95.2 cm³/mol. The molecule has 1 N–H and O–H groups in total. The van der Waals surface area contributed by atoms with Crippen molar-refractivity contribution in [2.24, 2.45) is 0 Å². The van der Waals surface area contributed by atoms with Crippen molar-refractivity contribution in [3.63, 3.8) is 0 Å². The molecule has 0 aromatic heterocycles. The monoisotopic (exact) mass is 389 g/mol. The lowest BCUT2D eigenvalue weighted by molar-refractivity contribution is -0.138. The van der Waals surface area contributed by atoms with Crippen LogP contribution in [0.2, 0.25) is 0 Å². The van der Waals surface area contributed by atoms with Gasteiger partial charge in [0.1, 0.15) is 0 Å². The second-order valence-corrected chi connectivity index (χ2v) is 6.86. The molecule has 1 aliphatic carbocycles. The molecule has 0 fully saturated rings. The number of carbonyl (C=O) groups is 2. The zero-order valence-electron chi connectivity index (χ0n) is 13.8. The quantitative estimate of drug-likeness (QED) is 0.794. The first kappa shape index (κ1) is 17.0. The molecule has 0 saturated heterocycles. The van der Waals surface area contributed by atoms with Crippen LogP contribution in [-0.2, 0) is 14.3 Å². The van der Waals surface area contributed by atoms with E-state index in [1.807, 2.05) is 31.2 Å². The average molecular weight is 390 g/mol. The molecule has 0 bridgehead atoms. The number of ether oxygens (including phenoxy) is 1. The van der Waals surface area contributed by atoms with Crippen LogP contribution in [0.5, 0.6) is 0 Å². The van der Waals surface area contributed by atoms with Gasteiger partial charge in [-0.1, -0.05) is 34.1 Å². The van der Waals surface area contributed by atoms with E-state index >= 15 is 0 Å². The fourth-order valence-corrected chi connectivity index (χ4v) is 4.00. The number of ketones is 1. The molecule has 1 aromatic rings. The van der Waals surface area contributed by atoms with Gasteiger partial charge in [-0.15, -0.1) is 0 Å². The molecule has 1 atom stereocenters. The van der Waals surface area contributed by atoms with Gasteiger partial charge in [0.25, 0.3) is 0 Å². The van der Waals surface area contributed by atoms with Crippen molar-refractivity contribution in [1.82, 2.24) is 5.32 Å². The van der Waals surface area contributed by atoms with Crippen LogP contribution in [0.1, 0.15) is 44.6 Å². The summed E-state index contributed by atoms with van der Waals surface area (Å²) in [5, 5.41) is 3.28. The van der Waals surface area contributed by atoms with E-state index in [4.69, 9.17) is 4.74 Å². The Morgan fingerprint density at radius 3 is 2.79 bits per heavy atom. The summed E-state index contributed by atoms with van der Waals surface area (Å²) in [6.45, 7) is 3.96. The number of benzene rings is 1. The van der Waals surface area contributed by atoms with Crippen LogP contribution in [0.25, 0.3) is 0 Å². The van der Waals surface area contributed by atoms with Crippen LogP contribution in [0.3, 0.4) is 0 Å². The standard InChI is InChI=1S/C19H20BrNO3/c1-3-24-19(23)16-11(2)21-14-9-6-10-15(22)18(14)17(16)12-7-4-5-8-13(12)20/h4-5,7-8,17,21H,3,6,9-10H2,1-2H3/t17-/m1/s1. The van der Waals surface area contributed by atoms with Crippen LogP contribution < -0.4 is 5.32 Å². The maximum Gasteiger partial charge on any atom is 0.336 e. The highest BCUT2D eigenvalue weighted by atomic mass is 79.9. The Labute approximate surface area is 150 Å². The number of rotatable bonds is 3. The Kier molecular flexibility index (Phi) is 4.90. The van der Waals surface area contributed by atoms with Gasteiger partial charge in [-0.2, -0.15) is 0 Å². The Hall–Kier alpha value is -1.88. The minimum atomic E-state index is -0.385. The van der Waals surface area contributed by atoms with Gasteiger partial charge in [-0.3, -0.25) is 4.79 Å². The predicted octanol–water partition coefficient (Wildman–Crippen LogP) is 3.98. The van der Waals surface area contributed by atoms with Gasteiger partial charge < -0.3 is 10.1 Å². The van der Waals surface area contributed by atoms with Gasteiger partial charge in [0.05, 0.1) is 12.2 Å². The molecule has 0 saturated carbocycles. The summed E-state index contributed by atoms with van der Waals surface area (Å²) in [7, 11) is 0. The molecule has 0 unspecified atom stereocenters. The van der Waals surface area contributed by atoms with Crippen molar-refractivity contribution in [1.29, 1.82) is 0 Å². The Morgan fingerprint density at radius 1 is 1.33 bits per heavy atom. The molecular formula is C19H20BrNO3. The summed E-state index contributed by atoms with van der Waals surface area (Å²) >= 11 is 3.57. The smallest absolute Gasteiger partial charge is 0.336 e. The zero-order chi connectivity index (χ0) is 17.3. The van der Waals surface area contributed by atoms with Crippen LogP contribution in [0, 0.1) is 0 Å². The highest BCUT2D eigenvalue weighted by Crippen LogP contribution is 2.44. The fraction of sp³-hybridized carbons (Fsp3) is 0.368. The van der Waals surface area contributed by atoms with Crippen LogP contribution in [0.15, 0.2) is 51.3 Å². The van der Waals surface area contributed by atoms with Gasteiger partial charge in [-0.05, 0) is 38.3 Å². The van der Waals surface area contributed by atoms with E-state index in [9.17, 15) is 9.59 Å². The minimum absolute atomic E-state index is 0.110. The number of esters is 1. The highest BCUT2D eigenvalue weighted by Gasteiger charge is 2.39. The summed E-state index contributed by atoms with van der Waals surface area (Å²) in [4.78, 5) is 25.3. The zero-order valence-corrected chi connectivity index (χ0v) is 15.4. The first-order valence-corrected chi connectivity index (χ1v) is 8.99. The lowest BCUT2D eigenvalue weighted by atomic mass is 9.75. The topological polar surface area (TPSA) is 55.4 Å². The fourth-order valence-electron chi connectivity index (χ4n) is 3.48. The van der Waals surface area contributed by atoms with Crippen molar-refractivity contribution < 1.29 is 14.3 Å². The van der Waals surface area contributed by atoms with E-state index < -0.39 is 0 Å². The number of allylic oxidation sites excluding steroid dienone is 3. The third-order valence-electron chi connectivity index (χ3n) is 4.49. The molecule has 1 aromatic carbocycles. The second-order valence-electron chi connectivity index (χ2n) is 6.01. The Balaban J connectivity index is 2.19. The Morgan fingerprint density at radius 2 is 2.08 bits per heavy atom. The average Bonchev–Trinajstić information content (AvgIpc) is 2.54. The summed E-state index contributed by atoms with van der Waals surface area (Å²) in [6, 6.07) is 7.74. The summed E-state index contributed by atoms with van der Waals surface area (Å²) in [5.74, 6) is -0.643. The molecule has 126 valence electrons. The number of hydrogen-bond acceptors (Lipinski definition) is 4. The van der Waals surface area contributed by atoms with Crippen LogP contribution in [-0.4, -0.2) is 18.4 Å².